The van der Waals surface area contributed by atoms with Crippen molar-refractivity contribution < 1.29 is 18.0 Å². The number of hydrogen-bond acceptors (Lipinski definition) is 4. The maximum absolute atomic E-state index is 12.8. The minimum Gasteiger partial charge on any atom is -0.366 e. The number of nitrogens with zero attached hydrogens (tertiary/aromatic N) is 3. The molecule has 2 aromatic heterocycles. The van der Waals surface area contributed by atoms with Crippen molar-refractivity contribution >= 4 is 17.2 Å². The van der Waals surface area contributed by atoms with E-state index in [1.54, 1.807) is 22.9 Å². The van der Waals surface area contributed by atoms with Crippen molar-refractivity contribution in [2.24, 2.45) is 5.73 Å². The van der Waals surface area contributed by atoms with Gasteiger partial charge in [-0.25, -0.2) is 4.98 Å². The number of hydrogen-bond donors (Lipinski definition) is 1. The monoisotopic (exact) mass is 404 g/mol. The molecule has 2 N–H and O–H groups in total. The van der Waals surface area contributed by atoms with Gasteiger partial charge in [0.1, 0.15) is 5.01 Å². The fraction of sp³-hybridized carbons (Fsp3) is 0.211. The van der Waals surface area contributed by atoms with Crippen LogP contribution in [0.2, 0.25) is 0 Å². The summed E-state index contributed by atoms with van der Waals surface area (Å²) in [4.78, 5) is 16.2. The molecule has 0 saturated carbocycles. The molecule has 0 aliphatic heterocycles. The van der Waals surface area contributed by atoms with E-state index in [1.165, 1.54) is 23.5 Å². The normalized spacial score (nSPS) is 11.4. The molecule has 0 fully saturated rings. The lowest BCUT2D eigenvalue weighted by atomic mass is 10.1. The second-order valence-electron chi connectivity index (χ2n) is 6.14. The standard InChI is InChI=1S/C19H15F3N4OS/c1-11-14(18(24)27)8-16(15-10-28-17(25-15)6-7-23)26(11)9-12-2-4-13(5-3-12)19(20,21)22/h2-5,8,10H,6,9H2,1H3,(H2,24,27). The summed E-state index contributed by atoms with van der Waals surface area (Å²) < 4.78 is 40.1. The zero-order valence-electron chi connectivity index (χ0n) is 14.7. The molecular formula is C19H15F3N4OS. The van der Waals surface area contributed by atoms with Gasteiger partial charge < -0.3 is 10.3 Å². The molecule has 0 radical (unpaired) electrons. The molecule has 9 heteroatoms. The Bertz CT molecular complexity index is 1060. The third kappa shape index (κ3) is 3.92. The SMILES string of the molecule is Cc1c(C(N)=O)cc(-c2csc(CC#N)n2)n1Cc1ccc(C(F)(F)F)cc1. The van der Waals surface area contributed by atoms with Crippen LogP contribution in [0.4, 0.5) is 13.2 Å². The van der Waals surface area contributed by atoms with Crippen LogP contribution in [-0.2, 0) is 19.1 Å². The fourth-order valence-electron chi connectivity index (χ4n) is 2.87. The van der Waals surface area contributed by atoms with E-state index in [9.17, 15) is 18.0 Å². The van der Waals surface area contributed by atoms with Gasteiger partial charge in [-0.05, 0) is 30.7 Å². The van der Waals surface area contributed by atoms with E-state index < -0.39 is 17.6 Å². The van der Waals surface area contributed by atoms with Gasteiger partial charge in [0.25, 0.3) is 5.91 Å². The first-order chi connectivity index (χ1) is 13.2. The summed E-state index contributed by atoms with van der Waals surface area (Å²) in [6.07, 6.45) is -4.23. The zero-order valence-corrected chi connectivity index (χ0v) is 15.6. The van der Waals surface area contributed by atoms with Crippen LogP contribution in [0.15, 0.2) is 35.7 Å². The number of thiazole rings is 1. The highest BCUT2D eigenvalue weighted by atomic mass is 32.1. The van der Waals surface area contributed by atoms with Crippen LogP contribution in [0.3, 0.4) is 0 Å². The topological polar surface area (TPSA) is 84.7 Å². The van der Waals surface area contributed by atoms with Crippen molar-refractivity contribution in [2.45, 2.75) is 26.1 Å². The van der Waals surface area contributed by atoms with Gasteiger partial charge in [-0.3, -0.25) is 4.79 Å². The Kier molecular flexibility index (Phi) is 5.25. The number of benzene rings is 1. The predicted octanol–water partition coefficient (Wildman–Crippen LogP) is 4.15. The summed E-state index contributed by atoms with van der Waals surface area (Å²) >= 11 is 1.32. The number of halogens is 3. The molecule has 3 rings (SSSR count). The Labute approximate surface area is 162 Å². The van der Waals surface area contributed by atoms with E-state index in [0.29, 0.717) is 33.2 Å². The van der Waals surface area contributed by atoms with Gasteiger partial charge in [-0.15, -0.1) is 11.3 Å². The van der Waals surface area contributed by atoms with Crippen molar-refractivity contribution in [3.8, 4) is 17.5 Å². The summed E-state index contributed by atoms with van der Waals surface area (Å²) in [5.41, 5.74) is 7.47. The maximum atomic E-state index is 12.8. The fourth-order valence-corrected chi connectivity index (χ4v) is 3.59. The van der Waals surface area contributed by atoms with Crippen molar-refractivity contribution in [2.75, 3.05) is 0 Å². The van der Waals surface area contributed by atoms with Crippen LogP contribution >= 0.6 is 11.3 Å². The van der Waals surface area contributed by atoms with E-state index in [-0.39, 0.29) is 13.0 Å². The Morgan fingerprint density at radius 1 is 1.32 bits per heavy atom. The molecular weight excluding hydrogens is 389 g/mol. The van der Waals surface area contributed by atoms with Gasteiger partial charge in [0, 0.05) is 17.6 Å². The molecule has 2 heterocycles. The van der Waals surface area contributed by atoms with Crippen LogP contribution in [0, 0.1) is 18.3 Å². The van der Waals surface area contributed by atoms with Crippen LogP contribution < -0.4 is 5.73 Å². The number of nitriles is 1. The minimum atomic E-state index is -4.40. The summed E-state index contributed by atoms with van der Waals surface area (Å²) in [5, 5.41) is 11.2. The lowest BCUT2D eigenvalue weighted by molar-refractivity contribution is -0.137. The Morgan fingerprint density at radius 2 is 2.00 bits per heavy atom. The van der Waals surface area contributed by atoms with Gasteiger partial charge in [-0.1, -0.05) is 12.1 Å². The first kappa shape index (κ1) is 19.6. The van der Waals surface area contributed by atoms with Crippen molar-refractivity contribution in [1.82, 2.24) is 9.55 Å². The van der Waals surface area contributed by atoms with Gasteiger partial charge in [0.05, 0.1) is 35.0 Å². The number of carbonyl (C=O) groups is 1. The summed E-state index contributed by atoms with van der Waals surface area (Å²) in [6, 6.07) is 8.50. The van der Waals surface area contributed by atoms with Crippen molar-refractivity contribution in [3.63, 3.8) is 0 Å². The van der Waals surface area contributed by atoms with Crippen molar-refractivity contribution in [3.05, 3.63) is 63.1 Å². The van der Waals surface area contributed by atoms with Gasteiger partial charge in [0.2, 0.25) is 0 Å². The summed E-state index contributed by atoms with van der Waals surface area (Å²) in [7, 11) is 0. The minimum absolute atomic E-state index is 0.173. The first-order valence-corrected chi connectivity index (χ1v) is 9.06. The van der Waals surface area contributed by atoms with E-state index in [2.05, 4.69) is 4.98 Å². The molecule has 0 atom stereocenters. The molecule has 5 nitrogen and oxygen atoms in total. The van der Waals surface area contributed by atoms with Crippen LogP contribution in [0.5, 0.6) is 0 Å². The highest BCUT2D eigenvalue weighted by Gasteiger charge is 2.30. The molecule has 0 saturated heterocycles. The number of alkyl halides is 3. The Morgan fingerprint density at radius 3 is 2.57 bits per heavy atom. The highest BCUT2D eigenvalue weighted by Crippen LogP contribution is 2.31. The second kappa shape index (κ2) is 7.48. The summed E-state index contributed by atoms with van der Waals surface area (Å²) in [6.45, 7) is 1.97. The lowest BCUT2D eigenvalue weighted by Gasteiger charge is -2.12. The number of primary amides is 1. The molecule has 0 bridgehead atoms. The lowest BCUT2D eigenvalue weighted by Crippen LogP contribution is -2.13. The molecule has 0 aliphatic carbocycles. The Balaban J connectivity index is 2.01. The first-order valence-electron chi connectivity index (χ1n) is 8.18. The third-order valence-electron chi connectivity index (χ3n) is 4.30. The molecule has 144 valence electrons. The molecule has 0 aliphatic rings. The molecule has 1 amide bonds. The number of aromatic nitrogens is 2. The average Bonchev–Trinajstić information content (AvgIpc) is 3.20. The van der Waals surface area contributed by atoms with Crippen molar-refractivity contribution in [1.29, 1.82) is 5.26 Å². The molecule has 0 spiro atoms. The maximum Gasteiger partial charge on any atom is 0.416 e. The smallest absolute Gasteiger partial charge is 0.366 e. The quantitative estimate of drug-likeness (QED) is 0.693. The van der Waals surface area contributed by atoms with Crippen LogP contribution in [0.25, 0.3) is 11.4 Å². The largest absolute Gasteiger partial charge is 0.416 e. The van der Waals surface area contributed by atoms with E-state index in [1.807, 2.05) is 6.07 Å². The average molecular weight is 404 g/mol. The van der Waals surface area contributed by atoms with Gasteiger partial charge in [0.15, 0.2) is 0 Å². The highest BCUT2D eigenvalue weighted by molar-refractivity contribution is 7.10. The number of rotatable bonds is 5. The molecule has 3 aromatic rings. The Hall–Kier alpha value is -3.12. The number of nitrogens with two attached hydrogens (primary N) is 1. The van der Waals surface area contributed by atoms with E-state index in [4.69, 9.17) is 11.0 Å². The van der Waals surface area contributed by atoms with E-state index in [0.717, 1.165) is 12.1 Å². The molecule has 28 heavy (non-hydrogen) atoms. The second-order valence-corrected chi connectivity index (χ2v) is 7.08. The van der Waals surface area contributed by atoms with Crippen LogP contribution in [-0.4, -0.2) is 15.5 Å². The summed E-state index contributed by atoms with van der Waals surface area (Å²) in [5.74, 6) is -0.600. The van der Waals surface area contributed by atoms with Crippen LogP contribution in [0.1, 0.15) is 32.2 Å². The molecule has 1 aromatic carbocycles. The third-order valence-corrected chi connectivity index (χ3v) is 5.15. The number of carbonyl (C=O) groups excluding carboxylic acids is 1. The zero-order chi connectivity index (χ0) is 20.5. The van der Waals surface area contributed by atoms with Gasteiger partial charge >= 0.3 is 6.18 Å². The molecule has 0 unspecified atom stereocenters. The number of amides is 1. The predicted molar refractivity (Wildman–Crippen MR) is 98.7 cm³/mol. The van der Waals surface area contributed by atoms with E-state index >= 15 is 0 Å². The van der Waals surface area contributed by atoms with Gasteiger partial charge in [-0.2, -0.15) is 18.4 Å².